The lowest BCUT2D eigenvalue weighted by Crippen LogP contribution is -2.13. The minimum Gasteiger partial charge on any atom is -0.460 e. The minimum atomic E-state index is 0.144. The number of ether oxygens (including phenoxy) is 2. The molecule has 1 N–H and O–H groups in total. The highest BCUT2D eigenvalue weighted by Gasteiger charge is 2.19. The summed E-state index contributed by atoms with van der Waals surface area (Å²) in [4.78, 5) is 13.8. The fourth-order valence-electron chi connectivity index (χ4n) is 3.51. The zero-order valence-electron chi connectivity index (χ0n) is 17.4. The Kier molecular flexibility index (Phi) is 5.31. The highest BCUT2D eigenvalue weighted by molar-refractivity contribution is 5.86. The van der Waals surface area contributed by atoms with Crippen LogP contribution >= 0.6 is 0 Å². The number of anilines is 1. The van der Waals surface area contributed by atoms with Gasteiger partial charge in [0.15, 0.2) is 16.9 Å². The normalized spacial score (nSPS) is 16.3. The Morgan fingerprint density at radius 2 is 2.06 bits per heavy atom. The van der Waals surface area contributed by atoms with Crippen LogP contribution in [-0.4, -0.2) is 56.3 Å². The summed E-state index contributed by atoms with van der Waals surface area (Å²) >= 11 is 0. The van der Waals surface area contributed by atoms with Crippen molar-refractivity contribution in [2.75, 3.05) is 25.6 Å². The van der Waals surface area contributed by atoms with E-state index in [4.69, 9.17) is 18.9 Å². The molecule has 4 aromatic rings. The zero-order valence-corrected chi connectivity index (χ0v) is 17.4. The molecule has 1 fully saturated rings. The summed E-state index contributed by atoms with van der Waals surface area (Å²) in [6, 6.07) is 9.64. The number of nitrogens with zero attached hydrogens (tertiary/aromatic N) is 6. The van der Waals surface area contributed by atoms with Crippen molar-refractivity contribution in [3.8, 4) is 11.5 Å². The summed E-state index contributed by atoms with van der Waals surface area (Å²) in [5, 5.41) is 11.6. The molecule has 0 aliphatic carbocycles. The Labute approximate surface area is 178 Å². The fraction of sp³-hybridized carbons (Fsp3) is 0.381. The second kappa shape index (κ2) is 8.40. The van der Waals surface area contributed by atoms with E-state index < -0.39 is 0 Å². The molecule has 0 amide bonds. The summed E-state index contributed by atoms with van der Waals surface area (Å²) in [7, 11) is 1.77. The van der Waals surface area contributed by atoms with E-state index in [-0.39, 0.29) is 6.10 Å². The predicted molar refractivity (Wildman–Crippen MR) is 112 cm³/mol. The molecular weight excluding hydrogens is 398 g/mol. The van der Waals surface area contributed by atoms with Crippen molar-refractivity contribution < 1.29 is 13.9 Å². The number of aryl methyl sites for hydroxylation is 1. The van der Waals surface area contributed by atoms with Gasteiger partial charge < -0.3 is 19.2 Å². The van der Waals surface area contributed by atoms with Gasteiger partial charge in [0.05, 0.1) is 37.3 Å². The molecule has 0 aromatic carbocycles. The molecular formula is C21H23N7O3. The van der Waals surface area contributed by atoms with E-state index in [9.17, 15) is 0 Å². The number of nitrogens with one attached hydrogen (secondary N) is 1. The lowest BCUT2D eigenvalue weighted by atomic mass is 10.2. The van der Waals surface area contributed by atoms with Crippen LogP contribution in [0.25, 0.3) is 22.6 Å². The minimum absolute atomic E-state index is 0.144. The number of furan rings is 1. The van der Waals surface area contributed by atoms with Crippen molar-refractivity contribution in [3.05, 3.63) is 47.5 Å². The van der Waals surface area contributed by atoms with Crippen molar-refractivity contribution >= 4 is 17.1 Å². The molecule has 1 aliphatic rings. The molecule has 0 saturated carbocycles. The highest BCUT2D eigenvalue weighted by atomic mass is 16.5. The average molecular weight is 421 g/mol. The largest absolute Gasteiger partial charge is 0.460 e. The van der Waals surface area contributed by atoms with Gasteiger partial charge in [0.25, 0.3) is 0 Å². The first-order valence-electron chi connectivity index (χ1n) is 10.2. The van der Waals surface area contributed by atoms with Gasteiger partial charge in [-0.05, 0) is 37.6 Å². The second-order valence-electron chi connectivity index (χ2n) is 7.39. The molecule has 10 nitrogen and oxygen atoms in total. The summed E-state index contributed by atoms with van der Waals surface area (Å²) < 4.78 is 18.7. The number of fused-ring (bicyclic) bond motifs is 1. The van der Waals surface area contributed by atoms with Crippen LogP contribution in [-0.2, 0) is 22.6 Å². The molecule has 160 valence electrons. The monoisotopic (exact) mass is 421 g/mol. The first-order chi connectivity index (χ1) is 15.2. The smallest absolute Gasteiger partial charge is 0.225 e. The van der Waals surface area contributed by atoms with Crippen LogP contribution in [0.2, 0.25) is 0 Å². The van der Waals surface area contributed by atoms with E-state index in [0.29, 0.717) is 48.3 Å². The summed E-state index contributed by atoms with van der Waals surface area (Å²) in [6.07, 6.45) is 1.07. The first kappa shape index (κ1) is 19.6. The van der Waals surface area contributed by atoms with E-state index in [1.165, 1.54) is 0 Å². The quantitative estimate of drug-likeness (QED) is 0.481. The molecule has 5 heterocycles. The second-order valence-corrected chi connectivity index (χ2v) is 7.39. The van der Waals surface area contributed by atoms with E-state index in [1.54, 1.807) is 11.7 Å². The molecule has 1 atom stereocenters. The molecule has 0 bridgehead atoms. The van der Waals surface area contributed by atoms with Crippen molar-refractivity contribution in [2.24, 2.45) is 0 Å². The maximum absolute atomic E-state index is 5.88. The molecule has 31 heavy (non-hydrogen) atoms. The Morgan fingerprint density at radius 3 is 2.84 bits per heavy atom. The van der Waals surface area contributed by atoms with Gasteiger partial charge in [0.2, 0.25) is 5.95 Å². The van der Waals surface area contributed by atoms with Gasteiger partial charge in [-0.3, -0.25) is 4.98 Å². The highest BCUT2D eigenvalue weighted by Crippen LogP contribution is 2.27. The molecule has 4 aromatic heterocycles. The summed E-state index contributed by atoms with van der Waals surface area (Å²) in [5.41, 5.74) is 3.49. The Morgan fingerprint density at radius 1 is 1.16 bits per heavy atom. The lowest BCUT2D eigenvalue weighted by molar-refractivity contribution is 0.0301. The van der Waals surface area contributed by atoms with Gasteiger partial charge in [0, 0.05) is 13.7 Å². The van der Waals surface area contributed by atoms with Crippen LogP contribution in [0.15, 0.2) is 34.7 Å². The van der Waals surface area contributed by atoms with Gasteiger partial charge in [-0.1, -0.05) is 11.3 Å². The topological polar surface area (TPSA) is 113 Å². The first-order valence-corrected chi connectivity index (χ1v) is 10.2. The third-order valence-electron chi connectivity index (χ3n) is 5.09. The molecule has 5 rings (SSSR count). The molecule has 10 heteroatoms. The number of pyridine rings is 1. The molecule has 0 radical (unpaired) electrons. The number of hydrogen-bond acceptors (Lipinski definition) is 9. The number of hydrogen-bond donors (Lipinski definition) is 1. The number of rotatable bonds is 7. The predicted octanol–water partition coefficient (Wildman–Crippen LogP) is 2.58. The third kappa shape index (κ3) is 4.12. The van der Waals surface area contributed by atoms with Crippen molar-refractivity contribution in [2.45, 2.75) is 32.6 Å². The van der Waals surface area contributed by atoms with Gasteiger partial charge in [0.1, 0.15) is 11.5 Å². The van der Waals surface area contributed by atoms with Crippen molar-refractivity contribution in [1.82, 2.24) is 29.9 Å². The van der Waals surface area contributed by atoms with Crippen molar-refractivity contribution in [1.29, 1.82) is 0 Å². The molecule has 0 spiro atoms. The summed E-state index contributed by atoms with van der Waals surface area (Å²) in [6.45, 7) is 4.17. The zero-order chi connectivity index (χ0) is 21.2. The van der Waals surface area contributed by atoms with E-state index in [2.05, 4.69) is 25.6 Å². The summed E-state index contributed by atoms with van der Waals surface area (Å²) in [5.74, 6) is 1.89. The maximum atomic E-state index is 5.88. The average Bonchev–Trinajstić information content (AvgIpc) is 3.54. The van der Waals surface area contributed by atoms with Crippen LogP contribution in [0, 0.1) is 6.92 Å². The van der Waals surface area contributed by atoms with Crippen molar-refractivity contribution in [3.63, 3.8) is 0 Å². The Balaban J connectivity index is 1.42. The van der Waals surface area contributed by atoms with Gasteiger partial charge in [-0.2, -0.15) is 4.98 Å². The van der Waals surface area contributed by atoms with E-state index in [1.807, 2.05) is 37.3 Å². The molecule has 1 saturated heterocycles. The maximum Gasteiger partial charge on any atom is 0.225 e. The van der Waals surface area contributed by atoms with Gasteiger partial charge in [-0.25, -0.2) is 9.67 Å². The van der Waals surface area contributed by atoms with Gasteiger partial charge >= 0.3 is 0 Å². The number of aromatic nitrogens is 6. The Hall–Kier alpha value is -3.37. The van der Waals surface area contributed by atoms with Crippen LogP contribution in [0.4, 0.5) is 5.95 Å². The van der Waals surface area contributed by atoms with E-state index in [0.717, 1.165) is 30.2 Å². The van der Waals surface area contributed by atoms with E-state index >= 15 is 0 Å². The molecule has 1 aliphatic heterocycles. The standard InChI is InChI=1S/C21H23N7O3/c1-13-6-7-17(31-13)18-19-20(25-21(22-2)24-18)28(27-26-19)10-14-4-3-5-15(23-14)11-30-16-8-9-29-12-16/h3-7,16H,8-12H2,1-2H3,(H,22,24,25). The van der Waals surface area contributed by atoms with Gasteiger partial charge in [-0.15, -0.1) is 5.10 Å². The Bertz CT molecular complexity index is 1200. The van der Waals surface area contributed by atoms with Crippen LogP contribution < -0.4 is 5.32 Å². The van der Waals surface area contributed by atoms with Crippen LogP contribution in [0.5, 0.6) is 0 Å². The van der Waals surface area contributed by atoms with Crippen LogP contribution in [0.1, 0.15) is 23.6 Å². The molecule has 1 unspecified atom stereocenters. The van der Waals surface area contributed by atoms with Crippen LogP contribution in [0.3, 0.4) is 0 Å². The SMILES string of the molecule is CNc1nc(-c2ccc(C)o2)c2nnn(Cc3cccc(COC4CCOC4)n3)c2n1. The third-order valence-corrected chi connectivity index (χ3v) is 5.09. The lowest BCUT2D eigenvalue weighted by Gasteiger charge is -2.10. The fourth-order valence-corrected chi connectivity index (χ4v) is 3.51.